The second kappa shape index (κ2) is 7.42. The summed E-state index contributed by atoms with van der Waals surface area (Å²) in [6.45, 7) is 1.52. The lowest BCUT2D eigenvalue weighted by Gasteiger charge is -2.48. The normalized spacial score (nSPS) is 32.8. The second-order valence-corrected chi connectivity index (χ2v) is 9.56. The molecule has 0 aromatic heterocycles. The van der Waals surface area contributed by atoms with Gasteiger partial charge in [0.05, 0.1) is 6.10 Å². The van der Waals surface area contributed by atoms with Crippen molar-refractivity contribution in [2.45, 2.75) is 81.9 Å². The van der Waals surface area contributed by atoms with Gasteiger partial charge >= 0.3 is 0 Å². The maximum atomic E-state index is 13.7. The molecule has 1 atom stereocenters. The molecule has 2 heterocycles. The fraction of sp³-hybridized carbons (Fsp3) is 0.667. The number of hydrogen-bond donors (Lipinski definition) is 1. The molecular weight excluding hydrogens is 364 g/mol. The molecule has 1 spiro atoms. The van der Waals surface area contributed by atoms with Gasteiger partial charge in [-0.1, -0.05) is 24.3 Å². The largest absolute Gasteiger partial charge is 0.393 e. The van der Waals surface area contributed by atoms with Gasteiger partial charge in [0.25, 0.3) is 0 Å². The van der Waals surface area contributed by atoms with Gasteiger partial charge in [0.15, 0.2) is 0 Å². The molecule has 1 aromatic carbocycles. The zero-order valence-electron chi connectivity index (χ0n) is 17.2. The van der Waals surface area contributed by atoms with Crippen LogP contribution >= 0.6 is 0 Å². The fourth-order valence-electron chi connectivity index (χ4n) is 6.37. The van der Waals surface area contributed by atoms with E-state index in [2.05, 4.69) is 17.0 Å². The molecule has 1 saturated carbocycles. The van der Waals surface area contributed by atoms with Crippen molar-refractivity contribution in [1.82, 2.24) is 9.80 Å². The molecular formula is C24H32N2O3. The van der Waals surface area contributed by atoms with Crippen molar-refractivity contribution in [3.63, 3.8) is 0 Å². The first kappa shape index (κ1) is 19.1. The summed E-state index contributed by atoms with van der Waals surface area (Å²) in [5.41, 5.74) is 1.97. The SMILES string of the molecule is O=C(C1Cc2ccccc2C1)N1CCCC12CCCN(C1CCC(O)CC1)C2=O. The van der Waals surface area contributed by atoms with Gasteiger partial charge in [0.2, 0.25) is 11.8 Å². The van der Waals surface area contributed by atoms with E-state index in [-0.39, 0.29) is 29.9 Å². The number of likely N-dealkylation sites (tertiary alicyclic amines) is 2. The average molecular weight is 397 g/mol. The molecule has 1 unspecified atom stereocenters. The number of nitrogens with zero attached hydrogens (tertiary/aromatic N) is 2. The maximum Gasteiger partial charge on any atom is 0.248 e. The highest BCUT2D eigenvalue weighted by atomic mass is 16.3. The number of benzene rings is 1. The zero-order valence-corrected chi connectivity index (χ0v) is 17.2. The van der Waals surface area contributed by atoms with Gasteiger partial charge in [0, 0.05) is 25.0 Å². The van der Waals surface area contributed by atoms with Gasteiger partial charge in [-0.05, 0) is 75.3 Å². The average Bonchev–Trinajstić information content (AvgIpc) is 3.35. The van der Waals surface area contributed by atoms with Crippen LogP contribution in [0.15, 0.2) is 24.3 Å². The summed E-state index contributed by atoms with van der Waals surface area (Å²) in [5.74, 6) is 0.356. The highest BCUT2D eigenvalue weighted by molar-refractivity contribution is 5.94. The highest BCUT2D eigenvalue weighted by Gasteiger charge is 2.54. The minimum Gasteiger partial charge on any atom is -0.393 e. The van der Waals surface area contributed by atoms with E-state index in [4.69, 9.17) is 0 Å². The van der Waals surface area contributed by atoms with Crippen LogP contribution in [0, 0.1) is 5.92 Å². The first-order chi connectivity index (χ1) is 14.1. The van der Waals surface area contributed by atoms with E-state index < -0.39 is 5.54 Å². The van der Waals surface area contributed by atoms with E-state index in [0.29, 0.717) is 6.54 Å². The summed E-state index contributed by atoms with van der Waals surface area (Å²) < 4.78 is 0. The number of fused-ring (bicyclic) bond motifs is 1. The number of carbonyl (C=O) groups excluding carboxylic acids is 2. The predicted molar refractivity (Wildman–Crippen MR) is 110 cm³/mol. The smallest absolute Gasteiger partial charge is 0.248 e. The molecule has 0 bridgehead atoms. The number of hydrogen-bond acceptors (Lipinski definition) is 3. The molecule has 1 N–H and O–H groups in total. The molecule has 2 aliphatic heterocycles. The second-order valence-electron chi connectivity index (χ2n) is 9.56. The highest BCUT2D eigenvalue weighted by Crippen LogP contribution is 2.42. The van der Waals surface area contributed by atoms with Crippen molar-refractivity contribution in [2.24, 2.45) is 5.92 Å². The van der Waals surface area contributed by atoms with Crippen LogP contribution in [0.2, 0.25) is 0 Å². The Morgan fingerprint density at radius 2 is 1.59 bits per heavy atom. The lowest BCUT2D eigenvalue weighted by molar-refractivity contribution is -0.160. The van der Waals surface area contributed by atoms with Crippen molar-refractivity contribution in [1.29, 1.82) is 0 Å². The van der Waals surface area contributed by atoms with Crippen molar-refractivity contribution in [3.05, 3.63) is 35.4 Å². The summed E-state index contributed by atoms with van der Waals surface area (Å²) in [5, 5.41) is 9.85. The standard InChI is InChI=1S/C24H32N2O3/c27-21-9-7-20(8-10-21)25-13-3-11-24(23(25)29)12-4-14-26(24)22(28)19-15-17-5-1-2-6-18(17)16-19/h1-2,5-6,19-21,27H,3-4,7-16H2. The summed E-state index contributed by atoms with van der Waals surface area (Å²) in [6, 6.07) is 8.59. The van der Waals surface area contributed by atoms with Crippen LogP contribution in [0.1, 0.15) is 62.5 Å². The first-order valence-corrected chi connectivity index (χ1v) is 11.5. The third-order valence-electron chi connectivity index (χ3n) is 7.91. The van der Waals surface area contributed by atoms with Crippen LogP contribution < -0.4 is 0 Å². The summed E-state index contributed by atoms with van der Waals surface area (Å²) >= 11 is 0. The lowest BCUT2D eigenvalue weighted by Crippen LogP contribution is -2.64. The van der Waals surface area contributed by atoms with Crippen molar-refractivity contribution in [3.8, 4) is 0 Å². The summed E-state index contributed by atoms with van der Waals surface area (Å²) in [7, 11) is 0. The van der Waals surface area contributed by atoms with E-state index in [1.54, 1.807) is 0 Å². The molecule has 4 aliphatic rings. The fourth-order valence-corrected chi connectivity index (χ4v) is 6.37. The maximum absolute atomic E-state index is 13.7. The molecule has 5 nitrogen and oxygen atoms in total. The van der Waals surface area contributed by atoms with E-state index in [0.717, 1.165) is 70.8 Å². The quantitative estimate of drug-likeness (QED) is 0.836. The van der Waals surface area contributed by atoms with Crippen LogP contribution in [-0.4, -0.2) is 57.5 Å². The van der Waals surface area contributed by atoms with Crippen LogP contribution in [-0.2, 0) is 22.4 Å². The molecule has 0 radical (unpaired) electrons. The first-order valence-electron chi connectivity index (χ1n) is 11.5. The molecule has 156 valence electrons. The van der Waals surface area contributed by atoms with E-state index in [9.17, 15) is 14.7 Å². The molecule has 5 heteroatoms. The molecule has 5 rings (SSSR count). The van der Waals surface area contributed by atoms with Crippen LogP contribution in [0.4, 0.5) is 0 Å². The minimum absolute atomic E-state index is 0.0182. The molecule has 29 heavy (non-hydrogen) atoms. The Kier molecular flexibility index (Phi) is 4.89. The van der Waals surface area contributed by atoms with Gasteiger partial charge < -0.3 is 14.9 Å². The van der Waals surface area contributed by atoms with E-state index in [1.807, 2.05) is 17.0 Å². The molecule has 2 amide bonds. The Balaban J connectivity index is 1.35. The summed E-state index contributed by atoms with van der Waals surface area (Å²) in [6.07, 6.45) is 8.24. The summed E-state index contributed by atoms with van der Waals surface area (Å²) in [4.78, 5) is 31.4. The number of carbonyl (C=O) groups is 2. The Hall–Kier alpha value is -1.88. The third-order valence-corrected chi connectivity index (χ3v) is 7.91. The Bertz CT molecular complexity index is 776. The molecule has 2 aliphatic carbocycles. The number of amides is 2. The van der Waals surface area contributed by atoms with Gasteiger partial charge in [-0.25, -0.2) is 0 Å². The topological polar surface area (TPSA) is 60.9 Å². The lowest BCUT2D eigenvalue weighted by atomic mass is 9.82. The van der Waals surface area contributed by atoms with Gasteiger partial charge in [0.1, 0.15) is 5.54 Å². The van der Waals surface area contributed by atoms with Gasteiger partial charge in [-0.15, -0.1) is 0 Å². The monoisotopic (exact) mass is 396 g/mol. The number of aliphatic hydroxyl groups is 1. The van der Waals surface area contributed by atoms with Crippen LogP contribution in [0.3, 0.4) is 0 Å². The number of aliphatic hydroxyl groups excluding tert-OH is 1. The van der Waals surface area contributed by atoms with Crippen LogP contribution in [0.25, 0.3) is 0 Å². The van der Waals surface area contributed by atoms with Crippen molar-refractivity contribution < 1.29 is 14.7 Å². The molecule has 1 aromatic rings. The Labute approximate surface area is 173 Å². The third kappa shape index (κ3) is 3.18. The van der Waals surface area contributed by atoms with Gasteiger partial charge in [-0.3, -0.25) is 9.59 Å². The van der Waals surface area contributed by atoms with Gasteiger partial charge in [-0.2, -0.15) is 0 Å². The van der Waals surface area contributed by atoms with E-state index in [1.165, 1.54) is 11.1 Å². The number of rotatable bonds is 2. The Morgan fingerprint density at radius 1 is 0.966 bits per heavy atom. The minimum atomic E-state index is -0.611. The predicted octanol–water partition coefficient (Wildman–Crippen LogP) is 2.69. The van der Waals surface area contributed by atoms with Crippen molar-refractivity contribution >= 4 is 11.8 Å². The van der Waals surface area contributed by atoms with E-state index >= 15 is 0 Å². The zero-order chi connectivity index (χ0) is 20.0. The Morgan fingerprint density at radius 3 is 2.24 bits per heavy atom. The molecule has 3 fully saturated rings. The number of piperidine rings is 1. The molecule has 2 saturated heterocycles. The van der Waals surface area contributed by atoms with Crippen molar-refractivity contribution in [2.75, 3.05) is 13.1 Å². The van der Waals surface area contributed by atoms with Crippen LogP contribution in [0.5, 0.6) is 0 Å².